The Hall–Kier alpha value is -0.300. The van der Waals surface area contributed by atoms with Crippen LogP contribution < -0.4 is 5.73 Å². The first-order valence-electron chi connectivity index (χ1n) is 4.04. The zero-order valence-electron chi connectivity index (χ0n) is 6.97. The molecule has 0 atom stereocenters. The van der Waals surface area contributed by atoms with Crippen LogP contribution in [0.5, 0.6) is 0 Å². The molecule has 1 rings (SSSR count). The van der Waals surface area contributed by atoms with Gasteiger partial charge in [0.1, 0.15) is 0 Å². The van der Waals surface area contributed by atoms with E-state index in [2.05, 4.69) is 20.1 Å². The van der Waals surface area contributed by atoms with Crippen molar-refractivity contribution in [3.05, 3.63) is 13.2 Å². The van der Waals surface area contributed by atoms with Crippen LogP contribution in [0.1, 0.15) is 32.6 Å². The van der Waals surface area contributed by atoms with E-state index in [1.165, 1.54) is 25.7 Å². The summed E-state index contributed by atoms with van der Waals surface area (Å²) in [5.74, 6) is 0.940. The van der Waals surface area contributed by atoms with E-state index in [9.17, 15) is 0 Å². The van der Waals surface area contributed by atoms with Gasteiger partial charge in [-0.15, -0.1) is 13.2 Å². The van der Waals surface area contributed by atoms with Gasteiger partial charge in [-0.2, -0.15) is 0 Å². The van der Waals surface area contributed by atoms with Gasteiger partial charge in [0.25, 0.3) is 0 Å². The Bertz CT molecular complexity index is 62.8. The molecule has 0 amide bonds. The monoisotopic (exact) mass is 141 g/mol. The molecule has 0 aromatic carbocycles. The maximum atomic E-state index is 5.70. The van der Waals surface area contributed by atoms with Crippen molar-refractivity contribution in [1.82, 2.24) is 0 Å². The maximum Gasteiger partial charge on any atom is 0.00390 e. The van der Waals surface area contributed by atoms with Crippen LogP contribution in [-0.2, 0) is 0 Å². The van der Waals surface area contributed by atoms with E-state index in [1.807, 2.05) is 0 Å². The molecule has 0 radical (unpaired) electrons. The van der Waals surface area contributed by atoms with E-state index < -0.39 is 0 Å². The molecule has 0 unspecified atom stereocenters. The Labute approximate surface area is 64.3 Å². The summed E-state index contributed by atoms with van der Waals surface area (Å²) in [4.78, 5) is 0. The first-order valence-corrected chi connectivity index (χ1v) is 4.04. The summed E-state index contributed by atoms with van der Waals surface area (Å²) in [6.07, 6.45) is 5.20. The molecule has 1 fully saturated rings. The highest BCUT2D eigenvalue weighted by atomic mass is 14.6. The summed E-state index contributed by atoms with van der Waals surface area (Å²) < 4.78 is 0. The minimum atomic E-state index is 0.520. The van der Waals surface area contributed by atoms with Crippen LogP contribution in [-0.4, -0.2) is 6.04 Å². The molecule has 0 spiro atoms. The van der Waals surface area contributed by atoms with E-state index in [1.54, 1.807) is 0 Å². The van der Waals surface area contributed by atoms with Crippen LogP contribution in [0.15, 0.2) is 13.2 Å². The van der Waals surface area contributed by atoms with Crippen LogP contribution >= 0.6 is 0 Å². The first-order chi connectivity index (χ1) is 4.79. The summed E-state index contributed by atoms with van der Waals surface area (Å²) >= 11 is 0. The molecule has 2 N–H and O–H groups in total. The fourth-order valence-corrected chi connectivity index (χ4v) is 1.29. The van der Waals surface area contributed by atoms with Crippen LogP contribution in [0, 0.1) is 5.92 Å². The van der Waals surface area contributed by atoms with Gasteiger partial charge in [0.15, 0.2) is 0 Å². The van der Waals surface area contributed by atoms with Crippen molar-refractivity contribution in [3.8, 4) is 0 Å². The highest BCUT2D eigenvalue weighted by Gasteiger charge is 2.13. The molecule has 60 valence electrons. The second-order valence-corrected chi connectivity index (χ2v) is 3.02. The minimum absolute atomic E-state index is 0.520. The topological polar surface area (TPSA) is 26.0 Å². The predicted molar refractivity (Wildman–Crippen MR) is 46.9 cm³/mol. The zero-order chi connectivity index (χ0) is 7.98. The minimum Gasteiger partial charge on any atom is -0.328 e. The zero-order valence-corrected chi connectivity index (χ0v) is 6.97. The van der Waals surface area contributed by atoms with Crippen molar-refractivity contribution in [2.75, 3.05) is 0 Å². The third kappa shape index (κ3) is 3.67. The lowest BCUT2D eigenvalue weighted by Gasteiger charge is -2.22. The van der Waals surface area contributed by atoms with Crippen molar-refractivity contribution in [3.63, 3.8) is 0 Å². The molecule has 0 aromatic heterocycles. The molecule has 1 saturated carbocycles. The normalized spacial score (nSPS) is 32.2. The number of nitrogens with two attached hydrogens (primary N) is 1. The quantitative estimate of drug-likeness (QED) is 0.515. The van der Waals surface area contributed by atoms with Gasteiger partial charge in [0.2, 0.25) is 0 Å². The van der Waals surface area contributed by atoms with Crippen molar-refractivity contribution in [2.45, 2.75) is 38.6 Å². The van der Waals surface area contributed by atoms with E-state index >= 15 is 0 Å². The van der Waals surface area contributed by atoms with Gasteiger partial charge in [0, 0.05) is 6.04 Å². The molecule has 1 nitrogen and oxygen atoms in total. The van der Waals surface area contributed by atoms with E-state index in [-0.39, 0.29) is 0 Å². The van der Waals surface area contributed by atoms with Crippen LogP contribution in [0.2, 0.25) is 0 Å². The molecule has 0 saturated heterocycles. The molecule has 10 heavy (non-hydrogen) atoms. The van der Waals surface area contributed by atoms with Gasteiger partial charge >= 0.3 is 0 Å². The fourth-order valence-electron chi connectivity index (χ4n) is 1.29. The summed E-state index contributed by atoms with van der Waals surface area (Å²) in [5.41, 5.74) is 5.70. The van der Waals surface area contributed by atoms with E-state index in [0.717, 1.165) is 5.92 Å². The maximum absolute atomic E-state index is 5.70. The molecule has 0 heterocycles. The Kier molecular flexibility index (Phi) is 5.32. The average molecular weight is 141 g/mol. The third-order valence-corrected chi connectivity index (χ3v) is 2.06. The summed E-state index contributed by atoms with van der Waals surface area (Å²) in [5, 5.41) is 0. The van der Waals surface area contributed by atoms with E-state index in [4.69, 9.17) is 5.73 Å². The Balaban J connectivity index is 0.000000371. The van der Waals surface area contributed by atoms with Gasteiger partial charge in [-0.1, -0.05) is 6.92 Å². The largest absolute Gasteiger partial charge is 0.328 e. The predicted octanol–water partition coefficient (Wildman–Crippen LogP) is 2.33. The second-order valence-electron chi connectivity index (χ2n) is 3.02. The fraction of sp³-hybridized carbons (Fsp3) is 0.778. The summed E-state index contributed by atoms with van der Waals surface area (Å²) in [6.45, 7) is 8.31. The lowest BCUT2D eigenvalue weighted by molar-refractivity contribution is 0.348. The Morgan fingerprint density at radius 2 is 1.50 bits per heavy atom. The molecule has 1 heteroatoms. The number of hydrogen-bond acceptors (Lipinski definition) is 1. The molecule has 1 aliphatic carbocycles. The number of hydrogen-bond donors (Lipinski definition) is 1. The molecular weight excluding hydrogens is 122 g/mol. The van der Waals surface area contributed by atoms with Crippen molar-refractivity contribution < 1.29 is 0 Å². The van der Waals surface area contributed by atoms with Crippen LogP contribution in [0.4, 0.5) is 0 Å². The van der Waals surface area contributed by atoms with Gasteiger partial charge in [-0.3, -0.25) is 0 Å². The number of rotatable bonds is 0. The Morgan fingerprint density at radius 3 is 1.80 bits per heavy atom. The van der Waals surface area contributed by atoms with Gasteiger partial charge < -0.3 is 5.73 Å². The third-order valence-electron chi connectivity index (χ3n) is 2.06. The average Bonchev–Trinajstić information content (AvgIpc) is 2.00. The molecule has 0 bridgehead atoms. The summed E-state index contributed by atoms with van der Waals surface area (Å²) in [7, 11) is 0. The SMILES string of the molecule is C=C.CC1CCC(N)CC1. The first kappa shape index (κ1) is 9.70. The molecule has 0 aliphatic heterocycles. The highest BCUT2D eigenvalue weighted by molar-refractivity contribution is 4.70. The summed E-state index contributed by atoms with van der Waals surface area (Å²) in [6, 6.07) is 0.520. The van der Waals surface area contributed by atoms with Crippen LogP contribution in [0.3, 0.4) is 0 Å². The van der Waals surface area contributed by atoms with Gasteiger partial charge in [-0.25, -0.2) is 0 Å². The molecule has 1 aliphatic rings. The van der Waals surface area contributed by atoms with Gasteiger partial charge in [-0.05, 0) is 31.6 Å². The smallest absolute Gasteiger partial charge is 0.00390 e. The van der Waals surface area contributed by atoms with Crippen molar-refractivity contribution >= 4 is 0 Å². The lowest BCUT2D eigenvalue weighted by atomic mass is 9.88. The van der Waals surface area contributed by atoms with Crippen LogP contribution in [0.25, 0.3) is 0 Å². The van der Waals surface area contributed by atoms with Crippen molar-refractivity contribution in [1.29, 1.82) is 0 Å². The second kappa shape index (κ2) is 5.48. The van der Waals surface area contributed by atoms with Gasteiger partial charge in [0.05, 0.1) is 0 Å². The molecular formula is C9H19N. The standard InChI is InChI=1S/C7H15N.C2H4/c1-6-2-4-7(8)5-3-6;1-2/h6-7H,2-5,8H2,1H3;1-2H2. The Morgan fingerprint density at radius 1 is 1.10 bits per heavy atom. The van der Waals surface area contributed by atoms with E-state index in [0.29, 0.717) is 6.04 Å². The van der Waals surface area contributed by atoms with Crippen molar-refractivity contribution in [2.24, 2.45) is 11.7 Å². The molecule has 0 aromatic rings. The lowest BCUT2D eigenvalue weighted by Crippen LogP contribution is -2.25. The highest BCUT2D eigenvalue weighted by Crippen LogP contribution is 2.21.